The molecule has 5 heteroatoms. The summed E-state index contributed by atoms with van der Waals surface area (Å²) in [6, 6.07) is 2.13. The molecule has 2 heterocycles. The Bertz CT molecular complexity index is 528. The fraction of sp³-hybridized carbons (Fsp3) is 0.533. The minimum absolute atomic E-state index is 0.698. The van der Waals surface area contributed by atoms with Crippen molar-refractivity contribution in [1.29, 1.82) is 0 Å². The second-order valence-corrected chi connectivity index (χ2v) is 7.76. The SMILES string of the molecule is Cc1cc(-c2cnc(CCCNCC(C)C)o2)sc1Br. The summed E-state index contributed by atoms with van der Waals surface area (Å²) < 4.78 is 6.97. The van der Waals surface area contributed by atoms with Gasteiger partial charge < -0.3 is 9.73 Å². The van der Waals surface area contributed by atoms with Gasteiger partial charge in [0.15, 0.2) is 11.7 Å². The van der Waals surface area contributed by atoms with Crippen LogP contribution in [0.25, 0.3) is 10.6 Å². The Labute approximate surface area is 132 Å². The van der Waals surface area contributed by atoms with Gasteiger partial charge in [0.05, 0.1) is 14.9 Å². The van der Waals surface area contributed by atoms with E-state index in [1.54, 1.807) is 11.3 Å². The molecule has 0 aliphatic heterocycles. The summed E-state index contributed by atoms with van der Waals surface area (Å²) in [7, 11) is 0. The first-order valence-electron chi connectivity index (χ1n) is 6.98. The van der Waals surface area contributed by atoms with Gasteiger partial charge in [-0.2, -0.15) is 0 Å². The van der Waals surface area contributed by atoms with E-state index in [0.717, 1.165) is 46.2 Å². The number of nitrogens with zero attached hydrogens (tertiary/aromatic N) is 1. The highest BCUT2D eigenvalue weighted by Gasteiger charge is 2.10. The van der Waals surface area contributed by atoms with Crippen LogP contribution in [0, 0.1) is 12.8 Å². The van der Waals surface area contributed by atoms with Crippen LogP contribution in [0.3, 0.4) is 0 Å². The summed E-state index contributed by atoms with van der Waals surface area (Å²) in [6.45, 7) is 8.60. The topological polar surface area (TPSA) is 38.1 Å². The molecule has 2 aromatic heterocycles. The van der Waals surface area contributed by atoms with E-state index in [2.05, 4.69) is 53.1 Å². The summed E-state index contributed by atoms with van der Waals surface area (Å²) in [5.74, 6) is 2.39. The zero-order chi connectivity index (χ0) is 14.5. The summed E-state index contributed by atoms with van der Waals surface area (Å²) >= 11 is 5.23. The minimum Gasteiger partial charge on any atom is -0.440 e. The molecule has 0 aliphatic rings. The van der Waals surface area contributed by atoms with Gasteiger partial charge in [0, 0.05) is 6.42 Å². The van der Waals surface area contributed by atoms with Crippen LogP contribution >= 0.6 is 27.3 Å². The first-order chi connectivity index (χ1) is 9.56. The predicted molar refractivity (Wildman–Crippen MR) is 88.3 cm³/mol. The highest BCUT2D eigenvalue weighted by atomic mass is 79.9. The highest BCUT2D eigenvalue weighted by molar-refractivity contribution is 9.11. The lowest BCUT2D eigenvalue weighted by Gasteiger charge is -2.05. The molecule has 3 nitrogen and oxygen atoms in total. The summed E-state index contributed by atoms with van der Waals surface area (Å²) in [5, 5.41) is 3.43. The van der Waals surface area contributed by atoms with Crippen LogP contribution in [0.2, 0.25) is 0 Å². The summed E-state index contributed by atoms with van der Waals surface area (Å²) in [6.07, 6.45) is 3.77. The maximum absolute atomic E-state index is 5.82. The predicted octanol–water partition coefficient (Wildman–Crippen LogP) is 4.65. The number of aryl methyl sites for hydroxylation is 2. The van der Waals surface area contributed by atoms with Crippen molar-refractivity contribution in [3.63, 3.8) is 0 Å². The summed E-state index contributed by atoms with van der Waals surface area (Å²) in [5.41, 5.74) is 1.24. The van der Waals surface area contributed by atoms with Crippen molar-refractivity contribution in [3.05, 3.63) is 27.5 Å². The maximum Gasteiger partial charge on any atom is 0.194 e. The zero-order valence-electron chi connectivity index (χ0n) is 12.2. The minimum atomic E-state index is 0.698. The number of halogens is 1. The highest BCUT2D eigenvalue weighted by Crippen LogP contribution is 2.34. The Hall–Kier alpha value is -0.650. The lowest BCUT2D eigenvalue weighted by atomic mass is 10.2. The number of oxazole rings is 1. The van der Waals surface area contributed by atoms with Gasteiger partial charge in [-0.3, -0.25) is 0 Å². The van der Waals surface area contributed by atoms with Crippen molar-refractivity contribution >= 4 is 27.3 Å². The van der Waals surface area contributed by atoms with Crippen LogP contribution in [-0.4, -0.2) is 18.1 Å². The molecule has 0 radical (unpaired) electrons. The van der Waals surface area contributed by atoms with Crippen LogP contribution < -0.4 is 5.32 Å². The van der Waals surface area contributed by atoms with Gasteiger partial charge in [-0.1, -0.05) is 13.8 Å². The third-order valence-corrected chi connectivity index (χ3v) is 5.10. The van der Waals surface area contributed by atoms with Crippen molar-refractivity contribution in [2.75, 3.05) is 13.1 Å². The van der Waals surface area contributed by atoms with E-state index < -0.39 is 0 Å². The largest absolute Gasteiger partial charge is 0.440 e. The van der Waals surface area contributed by atoms with Crippen molar-refractivity contribution < 1.29 is 4.42 Å². The Morgan fingerprint density at radius 1 is 1.45 bits per heavy atom. The Morgan fingerprint density at radius 2 is 2.25 bits per heavy atom. The molecular formula is C15H21BrN2OS. The van der Waals surface area contributed by atoms with Gasteiger partial charge in [-0.25, -0.2) is 4.98 Å². The molecule has 0 spiro atoms. The van der Waals surface area contributed by atoms with Crippen LogP contribution in [0.15, 0.2) is 20.5 Å². The maximum atomic E-state index is 5.82. The molecule has 0 saturated carbocycles. The number of aromatic nitrogens is 1. The van der Waals surface area contributed by atoms with Crippen LogP contribution in [0.1, 0.15) is 31.7 Å². The van der Waals surface area contributed by atoms with Crippen molar-refractivity contribution in [3.8, 4) is 10.6 Å². The Balaban J connectivity index is 1.83. The third kappa shape index (κ3) is 4.43. The Kier molecular flexibility index (Phi) is 5.81. The van der Waals surface area contributed by atoms with Crippen LogP contribution in [0.5, 0.6) is 0 Å². The number of nitrogens with one attached hydrogen (secondary N) is 1. The lowest BCUT2D eigenvalue weighted by Crippen LogP contribution is -2.21. The molecule has 0 aliphatic carbocycles. The van der Waals surface area contributed by atoms with Gasteiger partial charge in [0.25, 0.3) is 0 Å². The third-order valence-electron chi connectivity index (χ3n) is 2.95. The van der Waals surface area contributed by atoms with E-state index in [9.17, 15) is 0 Å². The molecule has 0 atom stereocenters. The van der Waals surface area contributed by atoms with Crippen molar-refractivity contribution in [1.82, 2.24) is 10.3 Å². The molecule has 110 valence electrons. The second-order valence-electron chi connectivity index (χ2n) is 5.39. The first-order valence-corrected chi connectivity index (χ1v) is 8.59. The molecule has 20 heavy (non-hydrogen) atoms. The fourth-order valence-electron chi connectivity index (χ4n) is 1.88. The van der Waals surface area contributed by atoms with E-state index in [1.807, 2.05) is 6.20 Å². The molecular weight excluding hydrogens is 336 g/mol. The van der Waals surface area contributed by atoms with Gasteiger partial charge >= 0.3 is 0 Å². The number of rotatable bonds is 7. The number of hydrogen-bond acceptors (Lipinski definition) is 4. The number of thiophene rings is 1. The molecule has 0 amide bonds. The van der Waals surface area contributed by atoms with E-state index in [1.165, 1.54) is 5.56 Å². The molecule has 0 unspecified atom stereocenters. The molecule has 0 fully saturated rings. The van der Waals surface area contributed by atoms with Gasteiger partial charge in [0.2, 0.25) is 0 Å². The Morgan fingerprint density at radius 3 is 2.90 bits per heavy atom. The first kappa shape index (κ1) is 15.7. The second kappa shape index (κ2) is 7.38. The molecule has 0 saturated heterocycles. The molecule has 0 aromatic carbocycles. The van der Waals surface area contributed by atoms with E-state index in [4.69, 9.17) is 4.42 Å². The lowest BCUT2D eigenvalue weighted by molar-refractivity contribution is 0.484. The van der Waals surface area contributed by atoms with Gasteiger partial charge in [-0.15, -0.1) is 11.3 Å². The smallest absolute Gasteiger partial charge is 0.194 e. The zero-order valence-corrected chi connectivity index (χ0v) is 14.6. The van der Waals surface area contributed by atoms with E-state index in [-0.39, 0.29) is 0 Å². The molecule has 0 bridgehead atoms. The molecule has 2 aromatic rings. The van der Waals surface area contributed by atoms with Crippen molar-refractivity contribution in [2.24, 2.45) is 5.92 Å². The summed E-state index contributed by atoms with van der Waals surface area (Å²) in [4.78, 5) is 5.49. The average molecular weight is 357 g/mol. The van der Waals surface area contributed by atoms with E-state index in [0.29, 0.717) is 5.92 Å². The van der Waals surface area contributed by atoms with E-state index >= 15 is 0 Å². The monoisotopic (exact) mass is 356 g/mol. The van der Waals surface area contributed by atoms with Crippen LogP contribution in [-0.2, 0) is 6.42 Å². The number of hydrogen-bond donors (Lipinski definition) is 1. The standard InChI is InChI=1S/C15H21BrN2OS/c1-10(2)8-17-6-4-5-14-18-9-12(19-14)13-7-11(3)15(16)20-13/h7,9-10,17H,4-6,8H2,1-3H3. The average Bonchev–Trinajstić information content (AvgIpc) is 2.97. The van der Waals surface area contributed by atoms with Gasteiger partial charge in [0.1, 0.15) is 0 Å². The van der Waals surface area contributed by atoms with Crippen LogP contribution in [0.4, 0.5) is 0 Å². The molecule has 1 N–H and O–H groups in total. The normalized spacial score (nSPS) is 11.4. The fourth-order valence-corrected chi connectivity index (χ4v) is 3.36. The van der Waals surface area contributed by atoms with Gasteiger partial charge in [-0.05, 0) is 59.9 Å². The molecule has 2 rings (SSSR count). The quantitative estimate of drug-likeness (QED) is 0.733. The van der Waals surface area contributed by atoms with Crippen molar-refractivity contribution in [2.45, 2.75) is 33.6 Å².